The van der Waals surface area contributed by atoms with Crippen molar-refractivity contribution < 1.29 is 9.18 Å². The molecular formula is C15H23FN2O. The number of halogens is 1. The Morgan fingerprint density at radius 1 is 1.42 bits per heavy atom. The first kappa shape index (κ1) is 15.6. The smallest absolute Gasteiger partial charge is 0.222 e. The number of hydrogen-bond acceptors (Lipinski definition) is 2. The van der Waals surface area contributed by atoms with E-state index in [2.05, 4.69) is 5.32 Å². The zero-order valence-corrected chi connectivity index (χ0v) is 12.0. The van der Waals surface area contributed by atoms with Gasteiger partial charge < -0.3 is 11.1 Å². The van der Waals surface area contributed by atoms with Crippen molar-refractivity contribution in [2.75, 3.05) is 0 Å². The number of carbonyl (C=O) groups is 1. The molecule has 2 unspecified atom stereocenters. The number of nitrogens with two attached hydrogens (primary N) is 1. The first-order chi connectivity index (χ1) is 8.70. The molecular weight excluding hydrogens is 243 g/mol. The SMILES string of the molecule is CC(NC(=O)CC(N)C(C)(C)C)c1cccc(F)c1. The van der Waals surface area contributed by atoms with Gasteiger partial charge >= 0.3 is 0 Å². The summed E-state index contributed by atoms with van der Waals surface area (Å²) in [4.78, 5) is 11.9. The van der Waals surface area contributed by atoms with Crippen LogP contribution in [0.25, 0.3) is 0 Å². The summed E-state index contributed by atoms with van der Waals surface area (Å²) in [5, 5.41) is 2.84. The lowest BCUT2D eigenvalue weighted by molar-refractivity contribution is -0.122. The number of hydrogen-bond donors (Lipinski definition) is 2. The Bertz CT molecular complexity index is 440. The van der Waals surface area contributed by atoms with Crippen LogP contribution in [0.2, 0.25) is 0 Å². The summed E-state index contributed by atoms with van der Waals surface area (Å²) in [6, 6.07) is 5.80. The topological polar surface area (TPSA) is 55.1 Å². The van der Waals surface area contributed by atoms with Crippen molar-refractivity contribution in [1.82, 2.24) is 5.32 Å². The van der Waals surface area contributed by atoms with Crippen molar-refractivity contribution in [3.05, 3.63) is 35.6 Å². The van der Waals surface area contributed by atoms with Crippen molar-refractivity contribution in [3.8, 4) is 0 Å². The lowest BCUT2D eigenvalue weighted by atomic mass is 9.85. The third-order valence-electron chi connectivity index (χ3n) is 3.24. The van der Waals surface area contributed by atoms with Crippen LogP contribution in [0.5, 0.6) is 0 Å². The monoisotopic (exact) mass is 266 g/mol. The van der Waals surface area contributed by atoms with Crippen molar-refractivity contribution in [2.45, 2.75) is 46.2 Å². The van der Waals surface area contributed by atoms with E-state index < -0.39 is 0 Å². The second-order valence-corrected chi connectivity index (χ2v) is 6.02. The summed E-state index contributed by atoms with van der Waals surface area (Å²) < 4.78 is 13.1. The van der Waals surface area contributed by atoms with Gasteiger partial charge in [0.05, 0.1) is 6.04 Å². The molecule has 0 aliphatic rings. The minimum Gasteiger partial charge on any atom is -0.350 e. The van der Waals surface area contributed by atoms with Gasteiger partial charge in [0.15, 0.2) is 0 Å². The van der Waals surface area contributed by atoms with Crippen LogP contribution in [0.4, 0.5) is 4.39 Å². The summed E-state index contributed by atoms with van der Waals surface area (Å²) in [5.74, 6) is -0.413. The van der Waals surface area contributed by atoms with Crippen LogP contribution >= 0.6 is 0 Å². The highest BCUT2D eigenvalue weighted by Gasteiger charge is 2.23. The van der Waals surface area contributed by atoms with Crippen LogP contribution in [0.1, 0.15) is 45.7 Å². The van der Waals surface area contributed by atoms with Gasteiger partial charge in [0, 0.05) is 12.5 Å². The molecule has 0 aliphatic carbocycles. The summed E-state index contributed by atoms with van der Waals surface area (Å²) in [5.41, 5.74) is 6.61. The van der Waals surface area contributed by atoms with E-state index in [1.165, 1.54) is 12.1 Å². The van der Waals surface area contributed by atoms with Crippen molar-refractivity contribution in [2.24, 2.45) is 11.1 Å². The van der Waals surface area contributed by atoms with Crippen LogP contribution in [-0.2, 0) is 4.79 Å². The summed E-state index contributed by atoms with van der Waals surface area (Å²) in [6.45, 7) is 7.83. The quantitative estimate of drug-likeness (QED) is 0.880. The molecule has 0 saturated carbocycles. The molecule has 0 heterocycles. The fourth-order valence-corrected chi connectivity index (χ4v) is 1.67. The Hall–Kier alpha value is -1.42. The standard InChI is InChI=1S/C15H23FN2O/c1-10(11-6-5-7-12(16)8-11)18-14(19)9-13(17)15(2,3)4/h5-8,10,13H,9,17H2,1-4H3,(H,18,19). The molecule has 0 spiro atoms. The molecule has 0 saturated heterocycles. The van der Waals surface area contributed by atoms with Crippen LogP contribution < -0.4 is 11.1 Å². The van der Waals surface area contributed by atoms with E-state index in [-0.39, 0.29) is 35.6 Å². The van der Waals surface area contributed by atoms with Gasteiger partial charge in [0.25, 0.3) is 0 Å². The highest BCUT2D eigenvalue weighted by molar-refractivity contribution is 5.77. The predicted molar refractivity (Wildman–Crippen MR) is 75.0 cm³/mol. The largest absolute Gasteiger partial charge is 0.350 e. The van der Waals surface area contributed by atoms with E-state index in [0.29, 0.717) is 0 Å². The van der Waals surface area contributed by atoms with Crippen molar-refractivity contribution in [3.63, 3.8) is 0 Å². The molecule has 2 atom stereocenters. The van der Waals surface area contributed by atoms with E-state index >= 15 is 0 Å². The zero-order valence-electron chi connectivity index (χ0n) is 12.0. The second-order valence-electron chi connectivity index (χ2n) is 6.02. The van der Waals surface area contributed by atoms with Gasteiger partial charge in [-0.1, -0.05) is 32.9 Å². The molecule has 4 heteroatoms. The number of rotatable bonds is 4. The average molecular weight is 266 g/mol. The van der Waals surface area contributed by atoms with E-state index in [0.717, 1.165) is 5.56 Å². The average Bonchev–Trinajstić information content (AvgIpc) is 2.27. The molecule has 1 aromatic rings. The molecule has 3 N–H and O–H groups in total. The van der Waals surface area contributed by atoms with Gasteiger partial charge in [-0.3, -0.25) is 4.79 Å². The Morgan fingerprint density at radius 2 is 2.05 bits per heavy atom. The summed E-state index contributed by atoms with van der Waals surface area (Å²) in [6.07, 6.45) is 0.267. The molecule has 0 aromatic heterocycles. The van der Waals surface area contributed by atoms with Crippen LogP contribution in [-0.4, -0.2) is 11.9 Å². The van der Waals surface area contributed by atoms with Crippen LogP contribution in [0.3, 0.4) is 0 Å². The van der Waals surface area contributed by atoms with E-state index in [1.807, 2.05) is 27.7 Å². The number of carbonyl (C=O) groups excluding carboxylic acids is 1. The Balaban J connectivity index is 2.58. The second kappa shape index (κ2) is 6.15. The maximum absolute atomic E-state index is 13.1. The first-order valence-corrected chi connectivity index (χ1v) is 6.50. The van der Waals surface area contributed by atoms with Crippen molar-refractivity contribution in [1.29, 1.82) is 0 Å². The van der Waals surface area contributed by atoms with Gasteiger partial charge in [-0.25, -0.2) is 4.39 Å². The van der Waals surface area contributed by atoms with Gasteiger partial charge in [-0.15, -0.1) is 0 Å². The fourth-order valence-electron chi connectivity index (χ4n) is 1.67. The van der Waals surface area contributed by atoms with Crippen LogP contribution in [0.15, 0.2) is 24.3 Å². The normalized spacial score (nSPS) is 14.8. The molecule has 1 rings (SSSR count). The molecule has 1 amide bonds. The molecule has 0 bridgehead atoms. The predicted octanol–water partition coefficient (Wildman–Crippen LogP) is 2.77. The third-order valence-corrected chi connectivity index (χ3v) is 3.24. The van der Waals surface area contributed by atoms with Gasteiger partial charge in [0.1, 0.15) is 5.82 Å². The van der Waals surface area contributed by atoms with Gasteiger partial charge in [-0.2, -0.15) is 0 Å². The van der Waals surface area contributed by atoms with E-state index in [1.54, 1.807) is 12.1 Å². The first-order valence-electron chi connectivity index (χ1n) is 6.50. The Kier molecular flexibility index (Phi) is 5.06. The van der Waals surface area contributed by atoms with Gasteiger partial charge in [-0.05, 0) is 30.0 Å². The lowest BCUT2D eigenvalue weighted by Crippen LogP contribution is -2.40. The maximum atomic E-state index is 13.1. The van der Waals surface area contributed by atoms with E-state index in [4.69, 9.17) is 5.73 Å². The molecule has 1 aromatic carbocycles. The zero-order chi connectivity index (χ0) is 14.6. The molecule has 19 heavy (non-hydrogen) atoms. The lowest BCUT2D eigenvalue weighted by Gasteiger charge is -2.27. The van der Waals surface area contributed by atoms with Crippen molar-refractivity contribution >= 4 is 5.91 Å². The molecule has 0 fully saturated rings. The molecule has 0 aliphatic heterocycles. The molecule has 0 radical (unpaired) electrons. The van der Waals surface area contributed by atoms with E-state index in [9.17, 15) is 9.18 Å². The fraction of sp³-hybridized carbons (Fsp3) is 0.533. The Morgan fingerprint density at radius 3 is 2.58 bits per heavy atom. The third kappa shape index (κ3) is 4.99. The summed E-state index contributed by atoms with van der Waals surface area (Å²) in [7, 11) is 0. The number of benzene rings is 1. The van der Waals surface area contributed by atoms with Crippen LogP contribution in [0, 0.1) is 11.2 Å². The number of amides is 1. The highest BCUT2D eigenvalue weighted by Crippen LogP contribution is 2.20. The maximum Gasteiger partial charge on any atom is 0.222 e. The highest BCUT2D eigenvalue weighted by atomic mass is 19.1. The number of nitrogens with one attached hydrogen (secondary N) is 1. The molecule has 3 nitrogen and oxygen atoms in total. The molecule has 106 valence electrons. The minimum atomic E-state index is -0.301. The van der Waals surface area contributed by atoms with Gasteiger partial charge in [0.2, 0.25) is 5.91 Å². The minimum absolute atomic E-state index is 0.112. The Labute approximate surface area is 114 Å². The summed E-state index contributed by atoms with van der Waals surface area (Å²) >= 11 is 0.